The third-order valence-electron chi connectivity index (χ3n) is 3.86. The lowest BCUT2D eigenvalue weighted by Gasteiger charge is -2.11. The van der Waals surface area contributed by atoms with Gasteiger partial charge in [-0.05, 0) is 19.1 Å². The molecular weight excluding hydrogens is 334 g/mol. The maximum atomic E-state index is 12.5. The number of nitrogens with zero attached hydrogens (tertiary/aromatic N) is 6. The normalized spacial score (nSPS) is 10.6. The third kappa shape index (κ3) is 3.32. The number of amides is 1. The lowest BCUT2D eigenvalue weighted by atomic mass is 10.2. The maximum absolute atomic E-state index is 12.5. The smallest absolute Gasteiger partial charge is 0.274 e. The molecule has 3 aromatic heterocycles. The zero-order chi connectivity index (χ0) is 18.7. The van der Waals surface area contributed by atoms with E-state index >= 15 is 0 Å². The van der Waals surface area contributed by atoms with E-state index in [4.69, 9.17) is 10.5 Å². The number of carbonyl (C=O) groups is 1. The molecule has 1 amide bonds. The number of methoxy groups -OCH3 is 1. The van der Waals surface area contributed by atoms with Crippen LogP contribution >= 0.6 is 0 Å². The Balaban J connectivity index is 2.11. The van der Waals surface area contributed by atoms with E-state index in [0.717, 1.165) is 0 Å². The van der Waals surface area contributed by atoms with Crippen molar-refractivity contribution in [2.75, 3.05) is 26.4 Å². The van der Waals surface area contributed by atoms with Crippen molar-refractivity contribution in [3.8, 4) is 23.0 Å². The molecule has 0 fully saturated rings. The van der Waals surface area contributed by atoms with Gasteiger partial charge in [0.15, 0.2) is 5.69 Å². The molecule has 9 nitrogen and oxygen atoms in total. The number of aromatic nitrogens is 5. The lowest BCUT2D eigenvalue weighted by Crippen LogP contribution is -2.26. The predicted octanol–water partition coefficient (Wildman–Crippen LogP) is 1.41. The van der Waals surface area contributed by atoms with Crippen LogP contribution in [0.25, 0.3) is 17.1 Å². The van der Waals surface area contributed by atoms with Crippen LogP contribution in [0.3, 0.4) is 0 Å². The number of ether oxygens (including phenoxy) is 1. The molecule has 0 aliphatic rings. The zero-order valence-corrected chi connectivity index (χ0v) is 14.7. The maximum Gasteiger partial charge on any atom is 0.274 e. The van der Waals surface area contributed by atoms with Crippen LogP contribution in [0.15, 0.2) is 36.8 Å². The Labute approximate surface area is 150 Å². The summed E-state index contributed by atoms with van der Waals surface area (Å²) in [7, 11) is 3.27. The van der Waals surface area contributed by atoms with Gasteiger partial charge in [-0.1, -0.05) is 0 Å². The Hall–Kier alpha value is -3.49. The third-order valence-corrected chi connectivity index (χ3v) is 3.86. The fourth-order valence-corrected chi connectivity index (χ4v) is 2.29. The molecule has 26 heavy (non-hydrogen) atoms. The van der Waals surface area contributed by atoms with Crippen molar-refractivity contribution in [2.24, 2.45) is 0 Å². The van der Waals surface area contributed by atoms with E-state index in [9.17, 15) is 4.79 Å². The summed E-state index contributed by atoms with van der Waals surface area (Å²) in [4.78, 5) is 26.6. The molecule has 134 valence electrons. The van der Waals surface area contributed by atoms with Crippen molar-refractivity contribution in [3.63, 3.8) is 0 Å². The van der Waals surface area contributed by atoms with Gasteiger partial charge in [0, 0.05) is 19.7 Å². The van der Waals surface area contributed by atoms with Gasteiger partial charge < -0.3 is 15.4 Å². The average Bonchev–Trinajstić information content (AvgIpc) is 3.12. The summed E-state index contributed by atoms with van der Waals surface area (Å²) in [6.07, 6.45) is 4.61. The fourth-order valence-electron chi connectivity index (χ4n) is 2.29. The number of hydrogen-bond acceptors (Lipinski definition) is 7. The molecule has 2 N–H and O–H groups in total. The van der Waals surface area contributed by atoms with Crippen LogP contribution in [0.2, 0.25) is 0 Å². The van der Waals surface area contributed by atoms with Crippen LogP contribution in [-0.4, -0.2) is 56.2 Å². The molecule has 0 bridgehead atoms. The SMILES string of the molecule is CCN(C)C(=O)c1cc(-c2cnc(N)cn2)n(-c2ccc(OC)nc2)n1. The predicted molar refractivity (Wildman–Crippen MR) is 96.0 cm³/mol. The molecule has 3 aromatic rings. The molecule has 0 aliphatic carbocycles. The Morgan fingerprint density at radius 2 is 2.04 bits per heavy atom. The number of nitrogen functional groups attached to an aromatic ring is 1. The monoisotopic (exact) mass is 353 g/mol. The standard InChI is InChI=1S/C17H19N7O2/c1-4-23(2)17(25)12-7-14(13-9-20-15(18)10-19-13)24(22-12)11-5-6-16(26-3)21-8-11/h5-10H,4H2,1-3H3,(H2,18,20). The molecule has 0 radical (unpaired) electrons. The lowest BCUT2D eigenvalue weighted by molar-refractivity contribution is 0.0796. The van der Waals surface area contributed by atoms with Gasteiger partial charge in [-0.25, -0.2) is 19.6 Å². The van der Waals surface area contributed by atoms with E-state index in [0.29, 0.717) is 41.0 Å². The number of pyridine rings is 1. The number of anilines is 1. The number of carbonyl (C=O) groups excluding carboxylic acids is 1. The van der Waals surface area contributed by atoms with Crippen molar-refractivity contribution in [1.82, 2.24) is 29.6 Å². The number of nitrogens with two attached hydrogens (primary N) is 1. The summed E-state index contributed by atoms with van der Waals surface area (Å²) < 4.78 is 6.69. The minimum Gasteiger partial charge on any atom is -0.481 e. The van der Waals surface area contributed by atoms with Gasteiger partial charge >= 0.3 is 0 Å². The highest BCUT2D eigenvalue weighted by Gasteiger charge is 2.20. The van der Waals surface area contributed by atoms with E-state index < -0.39 is 0 Å². The summed E-state index contributed by atoms with van der Waals surface area (Å²) in [6, 6.07) is 5.19. The van der Waals surface area contributed by atoms with Gasteiger partial charge in [-0.2, -0.15) is 5.10 Å². The minimum absolute atomic E-state index is 0.183. The molecule has 9 heteroatoms. The van der Waals surface area contributed by atoms with Crippen molar-refractivity contribution in [3.05, 3.63) is 42.5 Å². The molecule has 3 heterocycles. The first-order chi connectivity index (χ1) is 12.5. The minimum atomic E-state index is -0.183. The summed E-state index contributed by atoms with van der Waals surface area (Å²) >= 11 is 0. The molecular formula is C17H19N7O2. The van der Waals surface area contributed by atoms with E-state index in [2.05, 4.69) is 20.1 Å². The van der Waals surface area contributed by atoms with Crippen LogP contribution < -0.4 is 10.5 Å². The number of rotatable bonds is 5. The van der Waals surface area contributed by atoms with Crippen molar-refractivity contribution >= 4 is 11.7 Å². The van der Waals surface area contributed by atoms with Crippen molar-refractivity contribution in [1.29, 1.82) is 0 Å². The van der Waals surface area contributed by atoms with Crippen LogP contribution in [0.1, 0.15) is 17.4 Å². The largest absolute Gasteiger partial charge is 0.481 e. The van der Waals surface area contributed by atoms with Crippen molar-refractivity contribution < 1.29 is 9.53 Å². The molecule has 0 atom stereocenters. The first-order valence-electron chi connectivity index (χ1n) is 7.97. The Bertz CT molecular complexity index is 904. The first-order valence-corrected chi connectivity index (χ1v) is 7.97. The Morgan fingerprint density at radius 1 is 1.23 bits per heavy atom. The summed E-state index contributed by atoms with van der Waals surface area (Å²) in [5, 5.41) is 4.45. The summed E-state index contributed by atoms with van der Waals surface area (Å²) in [6.45, 7) is 2.47. The fraction of sp³-hybridized carbons (Fsp3) is 0.235. The van der Waals surface area contributed by atoms with E-state index in [1.165, 1.54) is 12.4 Å². The molecule has 0 unspecified atom stereocenters. The van der Waals surface area contributed by atoms with Gasteiger partial charge in [0.2, 0.25) is 5.88 Å². The summed E-state index contributed by atoms with van der Waals surface area (Å²) in [5.41, 5.74) is 7.74. The van der Waals surface area contributed by atoms with E-state index in [1.807, 2.05) is 6.92 Å². The highest BCUT2D eigenvalue weighted by atomic mass is 16.5. The Kier molecular flexibility index (Phi) is 4.78. The summed E-state index contributed by atoms with van der Waals surface area (Å²) in [5.74, 6) is 0.613. The quantitative estimate of drug-likeness (QED) is 0.738. The topological polar surface area (TPSA) is 112 Å². The van der Waals surface area contributed by atoms with E-state index in [1.54, 1.807) is 48.1 Å². The number of hydrogen-bond donors (Lipinski definition) is 1. The molecule has 0 spiro atoms. The van der Waals surface area contributed by atoms with Gasteiger partial charge in [0.25, 0.3) is 5.91 Å². The highest BCUT2D eigenvalue weighted by Crippen LogP contribution is 2.23. The zero-order valence-electron chi connectivity index (χ0n) is 14.7. The van der Waals surface area contributed by atoms with Gasteiger partial charge in [0.05, 0.1) is 37.1 Å². The second kappa shape index (κ2) is 7.18. The second-order valence-electron chi connectivity index (χ2n) is 5.53. The van der Waals surface area contributed by atoms with Crippen LogP contribution in [0, 0.1) is 0 Å². The van der Waals surface area contributed by atoms with E-state index in [-0.39, 0.29) is 5.91 Å². The van der Waals surface area contributed by atoms with Crippen LogP contribution in [-0.2, 0) is 0 Å². The van der Waals surface area contributed by atoms with Crippen molar-refractivity contribution in [2.45, 2.75) is 6.92 Å². The molecule has 0 saturated carbocycles. The molecule has 0 aromatic carbocycles. The molecule has 3 rings (SSSR count). The first kappa shape index (κ1) is 17.3. The Morgan fingerprint density at radius 3 is 2.62 bits per heavy atom. The molecule has 0 aliphatic heterocycles. The molecule has 0 saturated heterocycles. The van der Waals surface area contributed by atoms with Gasteiger partial charge in [-0.3, -0.25) is 4.79 Å². The van der Waals surface area contributed by atoms with Crippen LogP contribution in [0.4, 0.5) is 5.82 Å². The average molecular weight is 353 g/mol. The highest BCUT2D eigenvalue weighted by molar-refractivity contribution is 5.93. The van der Waals surface area contributed by atoms with Gasteiger partial charge in [0.1, 0.15) is 11.5 Å². The van der Waals surface area contributed by atoms with Gasteiger partial charge in [-0.15, -0.1) is 0 Å². The second-order valence-corrected chi connectivity index (χ2v) is 5.53. The van der Waals surface area contributed by atoms with Crippen LogP contribution in [0.5, 0.6) is 5.88 Å².